The number of thiazole rings is 1. The molecule has 0 bridgehead atoms. The van der Waals surface area contributed by atoms with Crippen LogP contribution in [0.15, 0.2) is 90.0 Å². The molecule has 0 radical (unpaired) electrons. The predicted octanol–water partition coefficient (Wildman–Crippen LogP) is 5.06. The predicted molar refractivity (Wildman–Crippen MR) is 188 cm³/mol. The summed E-state index contributed by atoms with van der Waals surface area (Å²) in [5.41, 5.74) is 5.76. The summed E-state index contributed by atoms with van der Waals surface area (Å²) in [6, 6.07) is 22.5. The van der Waals surface area contributed by atoms with Crippen molar-refractivity contribution in [2.45, 2.75) is 37.3 Å². The highest BCUT2D eigenvalue weighted by atomic mass is 32.1. The number of rotatable bonds is 7. The number of hydrogen-bond donors (Lipinski definition) is 3. The van der Waals surface area contributed by atoms with Crippen molar-refractivity contribution in [1.82, 2.24) is 24.3 Å². The van der Waals surface area contributed by atoms with Gasteiger partial charge in [0.2, 0.25) is 11.8 Å². The van der Waals surface area contributed by atoms with Gasteiger partial charge in [0, 0.05) is 38.0 Å². The van der Waals surface area contributed by atoms with E-state index >= 15 is 0 Å². The van der Waals surface area contributed by atoms with E-state index in [1.54, 1.807) is 9.80 Å². The number of nitrogens with one attached hydrogen (secondary N) is 1. The van der Waals surface area contributed by atoms with Crippen LogP contribution in [0.2, 0.25) is 0 Å². The SMILES string of the molecule is Nc1c(Oc2ccc(F)cc2)ncn(CC2(O)CCN(C(=O)[C@@H]3CCN(C(=O)Nc4nc5ccccc5s4)C[C@H]3c3ccccc3)CC2)c1=O. The molecule has 2 aliphatic heterocycles. The molecule has 14 heteroatoms. The number of halogens is 1. The third kappa shape index (κ3) is 7.03. The van der Waals surface area contributed by atoms with Gasteiger partial charge in [0.25, 0.3) is 5.56 Å². The van der Waals surface area contributed by atoms with E-state index in [1.165, 1.54) is 46.5 Å². The summed E-state index contributed by atoms with van der Waals surface area (Å²) in [5.74, 6) is -0.863. The first-order valence-corrected chi connectivity index (χ1v) is 17.2. The number of nitrogen functional groups attached to an aromatic ring is 1. The van der Waals surface area contributed by atoms with Gasteiger partial charge in [0.05, 0.1) is 22.4 Å². The average molecular weight is 698 g/mol. The number of para-hydroxylation sites is 1. The summed E-state index contributed by atoms with van der Waals surface area (Å²) in [5, 5.41) is 15.0. The van der Waals surface area contributed by atoms with Crippen LogP contribution >= 0.6 is 11.3 Å². The van der Waals surface area contributed by atoms with E-state index in [0.29, 0.717) is 37.7 Å². The largest absolute Gasteiger partial charge is 0.437 e. The van der Waals surface area contributed by atoms with Crippen molar-refractivity contribution >= 4 is 44.3 Å². The van der Waals surface area contributed by atoms with Crippen molar-refractivity contribution in [3.05, 3.63) is 107 Å². The van der Waals surface area contributed by atoms with Crippen LogP contribution in [0.4, 0.5) is 20.0 Å². The molecule has 0 aliphatic carbocycles. The quantitative estimate of drug-likeness (QED) is 0.213. The number of nitrogens with zero attached hydrogens (tertiary/aromatic N) is 5. The molecule has 3 aromatic carbocycles. The molecule has 50 heavy (non-hydrogen) atoms. The zero-order valence-corrected chi connectivity index (χ0v) is 27.9. The Labute approximate surface area is 290 Å². The van der Waals surface area contributed by atoms with Gasteiger partial charge in [-0.2, -0.15) is 0 Å². The van der Waals surface area contributed by atoms with Crippen LogP contribution in [-0.4, -0.2) is 73.2 Å². The third-order valence-electron chi connectivity index (χ3n) is 9.49. The lowest BCUT2D eigenvalue weighted by Gasteiger charge is -2.43. The molecule has 12 nitrogen and oxygen atoms in total. The molecule has 0 saturated carbocycles. The lowest BCUT2D eigenvalue weighted by molar-refractivity contribution is -0.142. The van der Waals surface area contributed by atoms with Crippen LogP contribution in [0, 0.1) is 11.7 Å². The van der Waals surface area contributed by atoms with Crippen molar-refractivity contribution < 1.29 is 23.8 Å². The highest BCUT2D eigenvalue weighted by molar-refractivity contribution is 7.22. The Morgan fingerprint density at radius 3 is 2.46 bits per heavy atom. The first-order chi connectivity index (χ1) is 24.2. The lowest BCUT2D eigenvalue weighted by atomic mass is 9.79. The first kappa shape index (κ1) is 33.2. The Morgan fingerprint density at radius 1 is 1.00 bits per heavy atom. The van der Waals surface area contributed by atoms with E-state index in [1.807, 2.05) is 54.6 Å². The normalized spacial score (nSPS) is 18.9. The molecule has 2 fully saturated rings. The monoisotopic (exact) mass is 697 g/mol. The average Bonchev–Trinajstić information content (AvgIpc) is 3.55. The fraction of sp³-hybridized carbons (Fsp3) is 0.306. The second-order valence-corrected chi connectivity index (χ2v) is 13.8. The molecule has 2 aromatic heterocycles. The number of nitrogens with two attached hydrogens (primary N) is 1. The van der Waals surface area contributed by atoms with Crippen molar-refractivity contribution in [3.8, 4) is 11.6 Å². The molecule has 7 rings (SSSR count). The maximum Gasteiger partial charge on any atom is 0.323 e. The third-order valence-corrected chi connectivity index (χ3v) is 10.4. The van der Waals surface area contributed by atoms with E-state index in [-0.39, 0.29) is 60.5 Å². The smallest absolute Gasteiger partial charge is 0.323 e. The van der Waals surface area contributed by atoms with Crippen LogP contribution in [-0.2, 0) is 11.3 Å². The minimum Gasteiger partial charge on any atom is -0.437 e. The van der Waals surface area contributed by atoms with E-state index in [4.69, 9.17) is 10.5 Å². The van der Waals surface area contributed by atoms with Crippen LogP contribution in [0.3, 0.4) is 0 Å². The van der Waals surface area contributed by atoms with Gasteiger partial charge in [-0.3, -0.25) is 19.5 Å². The van der Waals surface area contributed by atoms with Crippen LogP contribution in [0.5, 0.6) is 11.6 Å². The fourth-order valence-corrected chi connectivity index (χ4v) is 7.57. The van der Waals surface area contributed by atoms with E-state index in [9.17, 15) is 23.9 Å². The summed E-state index contributed by atoms with van der Waals surface area (Å²) in [6.45, 7) is 1.33. The number of aromatic nitrogens is 3. The molecular formula is C36H36FN7O5S. The summed E-state index contributed by atoms with van der Waals surface area (Å²) >= 11 is 1.42. The summed E-state index contributed by atoms with van der Waals surface area (Å²) < 4.78 is 21.0. The number of likely N-dealkylation sites (tertiary alicyclic amines) is 2. The Bertz CT molecular complexity index is 2030. The van der Waals surface area contributed by atoms with Gasteiger partial charge in [0.15, 0.2) is 10.8 Å². The van der Waals surface area contributed by atoms with E-state index in [0.717, 1.165) is 15.8 Å². The van der Waals surface area contributed by atoms with Crippen molar-refractivity contribution in [1.29, 1.82) is 0 Å². The van der Waals surface area contributed by atoms with Crippen LogP contribution in [0.25, 0.3) is 10.2 Å². The number of carbonyl (C=O) groups is 2. The number of amides is 3. The van der Waals surface area contributed by atoms with Gasteiger partial charge < -0.3 is 25.4 Å². The number of benzene rings is 3. The first-order valence-electron chi connectivity index (χ1n) is 16.4. The van der Waals surface area contributed by atoms with Gasteiger partial charge in [-0.25, -0.2) is 19.2 Å². The summed E-state index contributed by atoms with van der Waals surface area (Å²) in [4.78, 5) is 52.7. The number of urea groups is 1. The number of ether oxygens (including phenoxy) is 1. The van der Waals surface area contributed by atoms with Gasteiger partial charge in [-0.1, -0.05) is 53.8 Å². The molecule has 0 unspecified atom stereocenters. The lowest BCUT2D eigenvalue weighted by Crippen LogP contribution is -2.53. The maximum absolute atomic E-state index is 14.1. The molecule has 258 valence electrons. The zero-order chi connectivity index (χ0) is 34.8. The minimum atomic E-state index is -1.27. The fourth-order valence-electron chi connectivity index (χ4n) is 6.72. The van der Waals surface area contributed by atoms with Crippen molar-refractivity contribution in [3.63, 3.8) is 0 Å². The minimum absolute atomic E-state index is 0.0162. The number of fused-ring (bicyclic) bond motifs is 1. The Balaban J connectivity index is 0.995. The number of hydrogen-bond acceptors (Lipinski definition) is 9. The number of aliphatic hydroxyl groups is 1. The molecule has 0 spiro atoms. The highest BCUT2D eigenvalue weighted by Gasteiger charge is 2.41. The number of carbonyl (C=O) groups excluding carboxylic acids is 2. The molecular weight excluding hydrogens is 662 g/mol. The topological polar surface area (TPSA) is 156 Å². The molecule has 3 amide bonds. The summed E-state index contributed by atoms with van der Waals surface area (Å²) in [6.07, 6.45) is 2.24. The molecule has 2 saturated heterocycles. The highest BCUT2D eigenvalue weighted by Crippen LogP contribution is 2.36. The van der Waals surface area contributed by atoms with E-state index < -0.39 is 17.0 Å². The maximum atomic E-state index is 14.1. The molecule has 2 atom stereocenters. The Kier molecular flexibility index (Phi) is 9.21. The van der Waals surface area contributed by atoms with Crippen molar-refractivity contribution in [2.24, 2.45) is 5.92 Å². The summed E-state index contributed by atoms with van der Waals surface area (Å²) in [7, 11) is 0. The Morgan fingerprint density at radius 2 is 1.72 bits per heavy atom. The molecule has 4 N–H and O–H groups in total. The second-order valence-electron chi connectivity index (χ2n) is 12.8. The van der Waals surface area contributed by atoms with Gasteiger partial charge in [0.1, 0.15) is 17.9 Å². The molecule has 2 aliphatic rings. The van der Waals surface area contributed by atoms with Crippen molar-refractivity contribution in [2.75, 3.05) is 37.2 Å². The second kappa shape index (κ2) is 13.9. The number of piperidine rings is 2. The number of anilines is 2. The molecule has 4 heterocycles. The van der Waals surface area contributed by atoms with Gasteiger partial charge in [-0.05, 0) is 61.2 Å². The van der Waals surface area contributed by atoms with E-state index in [2.05, 4.69) is 15.3 Å². The molecule has 5 aromatic rings. The van der Waals surface area contributed by atoms with Gasteiger partial charge >= 0.3 is 6.03 Å². The zero-order valence-electron chi connectivity index (χ0n) is 27.1. The Hall–Kier alpha value is -5.34. The van der Waals surface area contributed by atoms with Crippen LogP contribution in [0.1, 0.15) is 30.7 Å². The standard InChI is InChI=1S/C36H36FN7O5S/c37-24-10-12-25(13-11-24)49-31-30(38)33(46)44(22-39-31)21-36(48)15-18-42(19-16-36)32(45)26-14-17-43(20-27(26)23-6-2-1-3-7-23)35(47)41-34-40-28-8-4-5-9-29(28)50-34/h1-13,22,26-27,48H,14-21,38H2,(H,40,41,47)/t26-,27+/m1/s1. The van der Waals surface area contributed by atoms with Gasteiger partial charge in [-0.15, -0.1) is 0 Å². The van der Waals surface area contributed by atoms with Crippen LogP contribution < -0.4 is 21.3 Å².